The number of amides is 1. The van der Waals surface area contributed by atoms with Gasteiger partial charge < -0.3 is 15.8 Å². The van der Waals surface area contributed by atoms with E-state index >= 15 is 0 Å². The zero-order chi connectivity index (χ0) is 13.1. The molecule has 4 nitrogen and oxygen atoms in total. The zero-order valence-corrected chi connectivity index (χ0v) is 12.4. The van der Waals surface area contributed by atoms with Gasteiger partial charge >= 0.3 is 0 Å². The first kappa shape index (κ1) is 13.8. The van der Waals surface area contributed by atoms with Crippen LogP contribution >= 0.6 is 22.6 Å². The first-order chi connectivity index (χ1) is 8.60. The van der Waals surface area contributed by atoms with E-state index in [2.05, 4.69) is 27.9 Å². The van der Waals surface area contributed by atoms with Gasteiger partial charge in [-0.3, -0.25) is 4.79 Å². The van der Waals surface area contributed by atoms with E-state index in [4.69, 9.17) is 10.5 Å². The van der Waals surface area contributed by atoms with Crippen molar-refractivity contribution in [1.82, 2.24) is 0 Å². The molecule has 1 amide bonds. The Morgan fingerprint density at radius 3 is 2.94 bits per heavy atom. The predicted molar refractivity (Wildman–Crippen MR) is 79.5 cm³/mol. The molecule has 98 valence electrons. The van der Waals surface area contributed by atoms with Crippen LogP contribution in [0.15, 0.2) is 18.2 Å². The highest BCUT2D eigenvalue weighted by molar-refractivity contribution is 14.1. The van der Waals surface area contributed by atoms with Crippen LogP contribution in [-0.4, -0.2) is 24.7 Å². The van der Waals surface area contributed by atoms with Gasteiger partial charge in [0.25, 0.3) is 5.91 Å². The molecule has 0 radical (unpaired) electrons. The van der Waals surface area contributed by atoms with E-state index in [-0.39, 0.29) is 18.1 Å². The summed E-state index contributed by atoms with van der Waals surface area (Å²) in [6.07, 6.45) is 1.27. The van der Waals surface area contributed by atoms with E-state index in [1.807, 2.05) is 25.1 Å². The molecule has 1 aromatic rings. The third-order valence-corrected chi connectivity index (χ3v) is 4.26. The molecule has 0 unspecified atom stereocenters. The average Bonchev–Trinajstić information content (AvgIpc) is 2.82. The number of hydrogen-bond donors (Lipinski definition) is 2. The quantitative estimate of drug-likeness (QED) is 0.811. The molecular formula is C13H17IN2O2. The number of nitrogens with two attached hydrogens (primary N) is 1. The summed E-state index contributed by atoms with van der Waals surface area (Å²) in [6, 6.07) is 5.86. The number of benzene rings is 1. The highest BCUT2D eigenvalue weighted by atomic mass is 127. The summed E-state index contributed by atoms with van der Waals surface area (Å²) in [5.41, 5.74) is 7.54. The van der Waals surface area contributed by atoms with Crippen molar-refractivity contribution in [1.29, 1.82) is 0 Å². The molecule has 0 spiro atoms. The van der Waals surface area contributed by atoms with Gasteiger partial charge in [0.2, 0.25) is 0 Å². The van der Waals surface area contributed by atoms with Crippen LogP contribution in [0, 0.1) is 10.5 Å². The highest BCUT2D eigenvalue weighted by Crippen LogP contribution is 2.22. The average molecular weight is 360 g/mol. The van der Waals surface area contributed by atoms with Crippen molar-refractivity contribution in [2.45, 2.75) is 32.0 Å². The van der Waals surface area contributed by atoms with Gasteiger partial charge in [0.15, 0.2) is 0 Å². The normalized spacial score (nSPS) is 23.1. The number of carbonyl (C=O) groups excluding carboxylic acids is 1. The van der Waals surface area contributed by atoms with Crippen LogP contribution in [0.4, 0.5) is 5.69 Å². The maximum absolute atomic E-state index is 12.0. The largest absolute Gasteiger partial charge is 0.364 e. The van der Waals surface area contributed by atoms with E-state index < -0.39 is 0 Å². The van der Waals surface area contributed by atoms with Gasteiger partial charge in [0.05, 0.1) is 6.10 Å². The van der Waals surface area contributed by atoms with Crippen LogP contribution in [0.2, 0.25) is 0 Å². The molecular weight excluding hydrogens is 343 g/mol. The minimum Gasteiger partial charge on any atom is -0.364 e. The molecule has 0 bridgehead atoms. The Bertz CT molecular complexity index is 451. The number of aryl methyl sites for hydroxylation is 1. The van der Waals surface area contributed by atoms with Crippen molar-refractivity contribution in [2.24, 2.45) is 5.73 Å². The van der Waals surface area contributed by atoms with Gasteiger partial charge in [0, 0.05) is 15.8 Å². The van der Waals surface area contributed by atoms with E-state index in [9.17, 15) is 4.79 Å². The second-order valence-electron chi connectivity index (χ2n) is 4.51. The van der Waals surface area contributed by atoms with E-state index in [1.54, 1.807) is 0 Å². The molecule has 1 saturated heterocycles. The lowest BCUT2D eigenvalue weighted by molar-refractivity contribution is -0.126. The summed E-state index contributed by atoms with van der Waals surface area (Å²) < 4.78 is 6.70. The molecule has 0 saturated carbocycles. The summed E-state index contributed by atoms with van der Waals surface area (Å²) in [5.74, 6) is -0.0781. The summed E-state index contributed by atoms with van der Waals surface area (Å²) in [4.78, 5) is 12.0. The number of nitrogens with one attached hydrogen (secondary N) is 1. The van der Waals surface area contributed by atoms with Crippen LogP contribution in [0.1, 0.15) is 18.4 Å². The molecule has 0 aliphatic carbocycles. The lowest BCUT2D eigenvalue weighted by Gasteiger charge is -2.13. The highest BCUT2D eigenvalue weighted by Gasteiger charge is 2.29. The van der Waals surface area contributed by atoms with Crippen molar-refractivity contribution < 1.29 is 9.53 Å². The molecule has 3 N–H and O–H groups in total. The number of ether oxygens (including phenoxy) is 1. The summed E-state index contributed by atoms with van der Waals surface area (Å²) >= 11 is 2.26. The minimum absolute atomic E-state index is 0.0268. The van der Waals surface area contributed by atoms with Crippen LogP contribution in [0.25, 0.3) is 0 Å². The van der Waals surface area contributed by atoms with Crippen LogP contribution < -0.4 is 11.1 Å². The Labute approximate surface area is 120 Å². The Morgan fingerprint density at radius 1 is 1.56 bits per heavy atom. The van der Waals surface area contributed by atoms with Gasteiger partial charge in [-0.2, -0.15) is 0 Å². The molecule has 18 heavy (non-hydrogen) atoms. The number of halogens is 1. The monoisotopic (exact) mass is 360 g/mol. The summed E-state index contributed by atoms with van der Waals surface area (Å²) in [7, 11) is 0. The SMILES string of the molecule is Cc1ccc(NC(=O)[C@@H]2CC[C@H](CN)O2)cc1I. The van der Waals surface area contributed by atoms with Crippen molar-refractivity contribution in [3.63, 3.8) is 0 Å². The first-order valence-corrected chi connectivity index (χ1v) is 7.10. The Hall–Kier alpha value is -0.660. The van der Waals surface area contributed by atoms with Gasteiger partial charge in [-0.1, -0.05) is 6.07 Å². The molecule has 2 atom stereocenters. The second kappa shape index (κ2) is 5.99. The first-order valence-electron chi connectivity index (χ1n) is 6.02. The van der Waals surface area contributed by atoms with Gasteiger partial charge in [-0.05, 0) is 60.1 Å². The van der Waals surface area contributed by atoms with Crippen LogP contribution in [0.3, 0.4) is 0 Å². The van der Waals surface area contributed by atoms with Gasteiger partial charge in [0.1, 0.15) is 6.10 Å². The second-order valence-corrected chi connectivity index (χ2v) is 5.68. The molecule has 1 aliphatic rings. The van der Waals surface area contributed by atoms with E-state index in [1.165, 1.54) is 5.56 Å². The number of carbonyl (C=O) groups is 1. The van der Waals surface area contributed by atoms with Crippen LogP contribution in [-0.2, 0) is 9.53 Å². The molecule has 1 aliphatic heterocycles. The van der Waals surface area contributed by atoms with E-state index in [0.717, 1.165) is 22.1 Å². The topological polar surface area (TPSA) is 64.4 Å². The maximum Gasteiger partial charge on any atom is 0.253 e. The predicted octanol–water partition coefficient (Wildman–Crippen LogP) is 2.04. The Balaban J connectivity index is 1.97. The molecule has 2 rings (SSSR count). The fourth-order valence-corrected chi connectivity index (χ4v) is 2.48. The summed E-state index contributed by atoms with van der Waals surface area (Å²) in [5, 5.41) is 2.89. The zero-order valence-electron chi connectivity index (χ0n) is 10.3. The third-order valence-electron chi connectivity index (χ3n) is 3.10. The van der Waals surface area contributed by atoms with Crippen molar-refractivity contribution in [3.05, 3.63) is 27.3 Å². The molecule has 0 aromatic heterocycles. The van der Waals surface area contributed by atoms with Gasteiger partial charge in [-0.15, -0.1) is 0 Å². The molecule has 1 heterocycles. The number of rotatable bonds is 3. The fraction of sp³-hybridized carbons (Fsp3) is 0.462. The maximum atomic E-state index is 12.0. The molecule has 1 aromatic carbocycles. The minimum atomic E-state index is -0.363. The van der Waals surface area contributed by atoms with E-state index in [0.29, 0.717) is 6.54 Å². The Kier molecular flexibility index (Phi) is 4.58. The van der Waals surface area contributed by atoms with Crippen LogP contribution in [0.5, 0.6) is 0 Å². The summed E-state index contributed by atoms with van der Waals surface area (Å²) in [6.45, 7) is 2.52. The number of hydrogen-bond acceptors (Lipinski definition) is 3. The van der Waals surface area contributed by atoms with Crippen molar-refractivity contribution >= 4 is 34.2 Å². The Morgan fingerprint density at radius 2 is 2.33 bits per heavy atom. The van der Waals surface area contributed by atoms with Crippen molar-refractivity contribution in [2.75, 3.05) is 11.9 Å². The van der Waals surface area contributed by atoms with Gasteiger partial charge in [-0.25, -0.2) is 0 Å². The number of anilines is 1. The lowest BCUT2D eigenvalue weighted by Crippen LogP contribution is -2.29. The third kappa shape index (κ3) is 3.21. The standard InChI is InChI=1S/C13H17IN2O2/c1-8-2-3-9(6-11(8)14)16-13(17)12-5-4-10(7-15)18-12/h2-3,6,10,12H,4-5,7,15H2,1H3,(H,16,17)/t10-,12+/m1/s1. The fourth-order valence-electron chi connectivity index (χ4n) is 1.97. The smallest absolute Gasteiger partial charge is 0.253 e. The molecule has 1 fully saturated rings. The van der Waals surface area contributed by atoms with Crippen molar-refractivity contribution in [3.8, 4) is 0 Å². The lowest BCUT2D eigenvalue weighted by atomic mass is 10.2. The molecule has 5 heteroatoms.